The van der Waals surface area contributed by atoms with Crippen LogP contribution in [-0.4, -0.2) is 28.6 Å². The van der Waals surface area contributed by atoms with Gasteiger partial charge in [0.25, 0.3) is 0 Å². The number of hydrogen-bond donors (Lipinski definition) is 1. The Kier molecular flexibility index (Phi) is 8.10. The van der Waals surface area contributed by atoms with E-state index in [4.69, 9.17) is 9.72 Å². The molecule has 2 aromatic carbocycles. The van der Waals surface area contributed by atoms with E-state index in [-0.39, 0.29) is 11.8 Å². The van der Waals surface area contributed by atoms with Crippen LogP contribution in [0.2, 0.25) is 0 Å². The maximum Gasteiger partial charge on any atom is 0.223 e. The summed E-state index contributed by atoms with van der Waals surface area (Å²) in [5.41, 5.74) is 4.57. The molecule has 3 rings (SSSR count). The summed E-state index contributed by atoms with van der Waals surface area (Å²) in [6.45, 7) is 10.4. The standard InChI is InChI=1S/C26H35N3O2/c1-5-21(6-2)26(30)27-13-12-25-28-23-10-7-8-11-24(23)29(25)14-9-15-31-22-17-19(3)16-20(4)18-22/h7-8,10-11,16-18,21H,5-6,9,12-15H2,1-4H3,(H,27,30). The van der Waals surface area contributed by atoms with Gasteiger partial charge in [0.05, 0.1) is 17.6 Å². The summed E-state index contributed by atoms with van der Waals surface area (Å²) in [6, 6.07) is 14.5. The maximum absolute atomic E-state index is 12.3. The minimum atomic E-state index is 0.0984. The fraction of sp³-hybridized carbons (Fsp3) is 0.462. The Morgan fingerprint density at radius 1 is 1.10 bits per heavy atom. The largest absolute Gasteiger partial charge is 0.494 e. The number of hydrogen-bond acceptors (Lipinski definition) is 3. The Morgan fingerprint density at radius 3 is 2.52 bits per heavy atom. The molecule has 5 heteroatoms. The Morgan fingerprint density at radius 2 is 1.81 bits per heavy atom. The Hall–Kier alpha value is -2.82. The molecule has 1 N–H and O–H groups in total. The molecule has 1 aromatic heterocycles. The number of ether oxygens (including phenoxy) is 1. The quantitative estimate of drug-likeness (QED) is 0.432. The summed E-state index contributed by atoms with van der Waals surface area (Å²) in [6.07, 6.45) is 3.36. The predicted molar refractivity (Wildman–Crippen MR) is 127 cm³/mol. The third-order valence-electron chi connectivity index (χ3n) is 5.73. The zero-order valence-corrected chi connectivity index (χ0v) is 19.3. The van der Waals surface area contributed by atoms with Crippen LogP contribution in [0.1, 0.15) is 50.1 Å². The number of aromatic nitrogens is 2. The topological polar surface area (TPSA) is 56.2 Å². The van der Waals surface area contributed by atoms with Crippen molar-refractivity contribution in [2.24, 2.45) is 5.92 Å². The van der Waals surface area contributed by atoms with E-state index in [1.807, 2.05) is 18.2 Å². The smallest absolute Gasteiger partial charge is 0.223 e. The lowest BCUT2D eigenvalue weighted by molar-refractivity contribution is -0.125. The third-order valence-corrected chi connectivity index (χ3v) is 5.73. The van der Waals surface area contributed by atoms with E-state index in [0.717, 1.165) is 54.8 Å². The van der Waals surface area contributed by atoms with Gasteiger partial charge in [0.2, 0.25) is 5.91 Å². The van der Waals surface area contributed by atoms with E-state index in [1.54, 1.807) is 0 Å². The summed E-state index contributed by atoms with van der Waals surface area (Å²) >= 11 is 0. The number of para-hydroxylation sites is 2. The molecular formula is C26H35N3O2. The number of fused-ring (bicyclic) bond motifs is 1. The average molecular weight is 422 g/mol. The first-order chi connectivity index (χ1) is 15.0. The molecule has 1 heterocycles. The molecule has 31 heavy (non-hydrogen) atoms. The van der Waals surface area contributed by atoms with Crippen LogP contribution in [0, 0.1) is 19.8 Å². The highest BCUT2D eigenvalue weighted by atomic mass is 16.5. The van der Waals surface area contributed by atoms with Crippen molar-refractivity contribution in [1.29, 1.82) is 0 Å². The molecule has 0 saturated heterocycles. The first kappa shape index (κ1) is 22.9. The number of nitrogens with one attached hydrogen (secondary N) is 1. The highest BCUT2D eigenvalue weighted by Crippen LogP contribution is 2.19. The molecule has 0 saturated carbocycles. The second kappa shape index (κ2) is 11.0. The zero-order chi connectivity index (χ0) is 22.2. The van der Waals surface area contributed by atoms with Gasteiger partial charge in [-0.3, -0.25) is 4.79 Å². The van der Waals surface area contributed by atoms with Gasteiger partial charge in [-0.1, -0.05) is 32.0 Å². The summed E-state index contributed by atoms with van der Waals surface area (Å²) in [7, 11) is 0. The lowest BCUT2D eigenvalue weighted by Crippen LogP contribution is -2.32. The first-order valence-corrected chi connectivity index (χ1v) is 11.4. The Labute approximate surface area is 185 Å². The fourth-order valence-electron chi connectivity index (χ4n) is 4.10. The highest BCUT2D eigenvalue weighted by molar-refractivity contribution is 5.78. The van der Waals surface area contributed by atoms with Gasteiger partial charge >= 0.3 is 0 Å². The number of amides is 1. The van der Waals surface area contributed by atoms with Crippen LogP contribution in [0.25, 0.3) is 11.0 Å². The van der Waals surface area contributed by atoms with Gasteiger partial charge in [-0.25, -0.2) is 4.98 Å². The van der Waals surface area contributed by atoms with Crippen molar-refractivity contribution in [3.8, 4) is 5.75 Å². The van der Waals surface area contributed by atoms with E-state index < -0.39 is 0 Å². The lowest BCUT2D eigenvalue weighted by Gasteiger charge is -2.14. The number of imidazole rings is 1. The van der Waals surface area contributed by atoms with Crippen molar-refractivity contribution < 1.29 is 9.53 Å². The lowest BCUT2D eigenvalue weighted by atomic mass is 10.0. The summed E-state index contributed by atoms with van der Waals surface area (Å²) in [5, 5.41) is 3.09. The molecular weight excluding hydrogens is 386 g/mol. The van der Waals surface area contributed by atoms with Crippen molar-refractivity contribution in [1.82, 2.24) is 14.9 Å². The molecule has 0 fully saturated rings. The van der Waals surface area contributed by atoms with Crippen molar-refractivity contribution in [3.05, 3.63) is 59.4 Å². The number of rotatable bonds is 11. The molecule has 0 unspecified atom stereocenters. The van der Waals surface area contributed by atoms with E-state index in [9.17, 15) is 4.79 Å². The molecule has 5 nitrogen and oxygen atoms in total. The molecule has 0 aliphatic heterocycles. The zero-order valence-electron chi connectivity index (χ0n) is 19.3. The molecule has 0 atom stereocenters. The molecule has 0 radical (unpaired) electrons. The Bertz CT molecular complexity index is 985. The second-order valence-corrected chi connectivity index (χ2v) is 8.25. The predicted octanol–water partition coefficient (Wildman–Crippen LogP) is 5.22. The van der Waals surface area contributed by atoms with Crippen molar-refractivity contribution >= 4 is 16.9 Å². The van der Waals surface area contributed by atoms with E-state index >= 15 is 0 Å². The van der Waals surface area contributed by atoms with Crippen LogP contribution >= 0.6 is 0 Å². The molecule has 0 aliphatic carbocycles. The minimum Gasteiger partial charge on any atom is -0.494 e. The number of nitrogens with zero attached hydrogens (tertiary/aromatic N) is 2. The minimum absolute atomic E-state index is 0.0984. The monoisotopic (exact) mass is 421 g/mol. The number of benzene rings is 2. The van der Waals surface area contributed by atoms with Crippen LogP contribution in [0.4, 0.5) is 0 Å². The molecule has 0 aliphatic rings. The van der Waals surface area contributed by atoms with Gasteiger partial charge in [0.1, 0.15) is 11.6 Å². The van der Waals surface area contributed by atoms with Crippen LogP contribution in [0.15, 0.2) is 42.5 Å². The van der Waals surface area contributed by atoms with E-state index in [0.29, 0.717) is 13.2 Å². The first-order valence-electron chi connectivity index (χ1n) is 11.4. The summed E-state index contributed by atoms with van der Waals surface area (Å²) in [5.74, 6) is 2.19. The van der Waals surface area contributed by atoms with Crippen LogP contribution in [0.5, 0.6) is 5.75 Å². The summed E-state index contributed by atoms with van der Waals surface area (Å²) < 4.78 is 8.26. The molecule has 3 aromatic rings. The van der Waals surface area contributed by atoms with Gasteiger partial charge in [0, 0.05) is 25.4 Å². The summed E-state index contributed by atoms with van der Waals surface area (Å²) in [4.78, 5) is 17.1. The van der Waals surface area contributed by atoms with Crippen LogP contribution in [0.3, 0.4) is 0 Å². The Balaban J connectivity index is 1.61. The molecule has 0 bridgehead atoms. The molecule has 0 spiro atoms. The van der Waals surface area contributed by atoms with Gasteiger partial charge in [-0.05, 0) is 68.5 Å². The van der Waals surface area contributed by atoms with Crippen LogP contribution < -0.4 is 10.1 Å². The molecule has 1 amide bonds. The van der Waals surface area contributed by atoms with Crippen molar-refractivity contribution in [3.63, 3.8) is 0 Å². The normalized spacial score (nSPS) is 11.3. The number of carbonyl (C=O) groups excluding carboxylic acids is 1. The molecule has 166 valence electrons. The second-order valence-electron chi connectivity index (χ2n) is 8.25. The van der Waals surface area contributed by atoms with E-state index in [1.165, 1.54) is 11.1 Å². The van der Waals surface area contributed by atoms with Crippen molar-refractivity contribution in [2.75, 3.05) is 13.2 Å². The van der Waals surface area contributed by atoms with E-state index in [2.05, 4.69) is 61.8 Å². The highest BCUT2D eigenvalue weighted by Gasteiger charge is 2.15. The van der Waals surface area contributed by atoms with Gasteiger partial charge in [-0.15, -0.1) is 0 Å². The SMILES string of the molecule is CCC(CC)C(=O)NCCc1nc2ccccc2n1CCCOc1cc(C)cc(C)c1. The fourth-order valence-corrected chi connectivity index (χ4v) is 4.10. The number of aryl methyl sites for hydroxylation is 3. The van der Waals surface area contributed by atoms with Crippen LogP contribution in [-0.2, 0) is 17.8 Å². The van der Waals surface area contributed by atoms with Gasteiger partial charge < -0.3 is 14.6 Å². The van der Waals surface area contributed by atoms with Crippen molar-refractivity contribution in [2.45, 2.75) is 59.9 Å². The average Bonchev–Trinajstić information content (AvgIpc) is 3.09. The number of carbonyl (C=O) groups is 1. The third kappa shape index (κ3) is 6.09. The van der Waals surface area contributed by atoms with Gasteiger partial charge in [0.15, 0.2) is 0 Å². The maximum atomic E-state index is 12.3. The van der Waals surface area contributed by atoms with Gasteiger partial charge in [-0.2, -0.15) is 0 Å².